The van der Waals surface area contributed by atoms with E-state index in [1.165, 1.54) is 18.3 Å². The number of aromatic amines is 1. The highest BCUT2D eigenvalue weighted by Crippen LogP contribution is 2.07. The first kappa shape index (κ1) is 15.4. The quantitative estimate of drug-likeness (QED) is 0.573. The highest BCUT2D eigenvalue weighted by molar-refractivity contribution is 5.83. The maximum absolute atomic E-state index is 11.8. The smallest absolute Gasteiger partial charge is 0.254 e. The fourth-order valence-corrected chi connectivity index (χ4v) is 1.90. The van der Waals surface area contributed by atoms with Crippen molar-refractivity contribution in [1.82, 2.24) is 15.4 Å². The van der Waals surface area contributed by atoms with Crippen molar-refractivity contribution in [3.05, 3.63) is 57.3 Å². The largest absolute Gasteiger partial charge is 0.508 e. The molecule has 0 saturated carbocycles. The van der Waals surface area contributed by atoms with Gasteiger partial charge in [-0.2, -0.15) is 5.10 Å². The molecule has 2 rings (SSSR count). The van der Waals surface area contributed by atoms with Crippen LogP contribution in [0.15, 0.2) is 34.2 Å². The van der Waals surface area contributed by atoms with E-state index in [0.717, 1.165) is 5.56 Å². The summed E-state index contributed by atoms with van der Waals surface area (Å²) in [5.74, 6) is 0.258. The van der Waals surface area contributed by atoms with Crippen LogP contribution < -0.4 is 11.0 Å². The number of hydrogen-bond donors (Lipinski definition) is 3. The standard InChI is InChI=1S/C15H16N4O3/c1-9-13(15(22)18-10(2)17-9)7-14(21)19-16-8-11-3-5-12(20)6-4-11/h3-6,8,20H,7H2,1-2H3,(H,19,21)(H,17,18,22)/b16-8+. The summed E-state index contributed by atoms with van der Waals surface area (Å²) in [6.07, 6.45) is 1.35. The van der Waals surface area contributed by atoms with Gasteiger partial charge in [-0.3, -0.25) is 9.59 Å². The molecule has 0 aliphatic carbocycles. The van der Waals surface area contributed by atoms with Gasteiger partial charge in [0.2, 0.25) is 5.91 Å². The number of nitrogens with zero attached hydrogens (tertiary/aromatic N) is 2. The zero-order chi connectivity index (χ0) is 16.1. The van der Waals surface area contributed by atoms with Gasteiger partial charge in [0.25, 0.3) is 5.56 Å². The van der Waals surface area contributed by atoms with E-state index in [1.54, 1.807) is 26.0 Å². The Morgan fingerprint density at radius 1 is 1.36 bits per heavy atom. The molecular formula is C15H16N4O3. The molecule has 1 amide bonds. The molecule has 0 aliphatic heterocycles. The molecule has 0 aliphatic rings. The van der Waals surface area contributed by atoms with E-state index < -0.39 is 5.91 Å². The van der Waals surface area contributed by atoms with Gasteiger partial charge in [-0.1, -0.05) is 0 Å². The minimum absolute atomic E-state index is 0.0959. The van der Waals surface area contributed by atoms with Crippen molar-refractivity contribution in [3.8, 4) is 5.75 Å². The summed E-state index contributed by atoms with van der Waals surface area (Å²) in [4.78, 5) is 30.3. The lowest BCUT2D eigenvalue weighted by Crippen LogP contribution is -2.26. The number of phenols is 1. The highest BCUT2D eigenvalue weighted by Gasteiger charge is 2.11. The summed E-state index contributed by atoms with van der Waals surface area (Å²) in [6.45, 7) is 3.37. The first-order valence-corrected chi connectivity index (χ1v) is 6.63. The number of carbonyl (C=O) groups is 1. The van der Waals surface area contributed by atoms with Crippen LogP contribution in [0.4, 0.5) is 0 Å². The first-order chi connectivity index (χ1) is 10.5. The van der Waals surface area contributed by atoms with Crippen molar-refractivity contribution in [3.63, 3.8) is 0 Å². The molecule has 114 valence electrons. The molecule has 0 spiro atoms. The van der Waals surface area contributed by atoms with E-state index in [1.807, 2.05) is 0 Å². The number of rotatable bonds is 4. The third-order valence-electron chi connectivity index (χ3n) is 2.97. The number of aromatic hydroxyl groups is 1. The molecular weight excluding hydrogens is 284 g/mol. The molecule has 0 unspecified atom stereocenters. The molecule has 1 aromatic carbocycles. The van der Waals surface area contributed by atoms with Crippen molar-refractivity contribution in [2.75, 3.05) is 0 Å². The van der Waals surface area contributed by atoms with E-state index in [4.69, 9.17) is 5.11 Å². The number of amides is 1. The summed E-state index contributed by atoms with van der Waals surface area (Å²) in [6, 6.07) is 6.35. The highest BCUT2D eigenvalue weighted by atomic mass is 16.3. The maximum atomic E-state index is 11.8. The number of hydrazone groups is 1. The van der Waals surface area contributed by atoms with Crippen LogP contribution in [0.5, 0.6) is 5.75 Å². The molecule has 0 saturated heterocycles. The molecule has 0 fully saturated rings. The Morgan fingerprint density at radius 3 is 2.68 bits per heavy atom. The van der Waals surface area contributed by atoms with Gasteiger partial charge in [-0.05, 0) is 43.7 Å². The lowest BCUT2D eigenvalue weighted by Gasteiger charge is -2.04. The van der Waals surface area contributed by atoms with Gasteiger partial charge in [-0.15, -0.1) is 0 Å². The molecule has 7 heteroatoms. The number of aryl methyl sites for hydroxylation is 2. The molecule has 0 atom stereocenters. The van der Waals surface area contributed by atoms with Crippen LogP contribution >= 0.6 is 0 Å². The van der Waals surface area contributed by atoms with Crippen molar-refractivity contribution >= 4 is 12.1 Å². The average molecular weight is 300 g/mol. The zero-order valence-electron chi connectivity index (χ0n) is 12.3. The lowest BCUT2D eigenvalue weighted by atomic mass is 10.1. The number of hydrogen-bond acceptors (Lipinski definition) is 5. The summed E-state index contributed by atoms with van der Waals surface area (Å²) in [7, 11) is 0. The molecule has 22 heavy (non-hydrogen) atoms. The van der Waals surface area contributed by atoms with Gasteiger partial charge >= 0.3 is 0 Å². The topological polar surface area (TPSA) is 107 Å². The van der Waals surface area contributed by atoms with Gasteiger partial charge in [0.15, 0.2) is 0 Å². The molecule has 2 aromatic rings. The van der Waals surface area contributed by atoms with Gasteiger partial charge in [0.1, 0.15) is 11.6 Å². The van der Waals surface area contributed by atoms with Crippen LogP contribution in [0, 0.1) is 13.8 Å². The van der Waals surface area contributed by atoms with E-state index in [-0.39, 0.29) is 17.7 Å². The van der Waals surface area contributed by atoms with Crippen molar-refractivity contribution in [2.24, 2.45) is 5.10 Å². The molecule has 0 radical (unpaired) electrons. The van der Waals surface area contributed by atoms with Crippen molar-refractivity contribution in [1.29, 1.82) is 0 Å². The van der Waals surface area contributed by atoms with Crippen LogP contribution in [-0.2, 0) is 11.2 Å². The SMILES string of the molecule is Cc1nc(C)c(CC(=O)N/N=C/c2ccc(O)cc2)c(=O)[nH]1. The summed E-state index contributed by atoms with van der Waals surface area (Å²) in [5, 5.41) is 13.0. The van der Waals surface area contributed by atoms with Gasteiger partial charge in [-0.25, -0.2) is 10.4 Å². The number of nitrogens with one attached hydrogen (secondary N) is 2. The third-order valence-corrected chi connectivity index (χ3v) is 2.97. The monoisotopic (exact) mass is 300 g/mol. The van der Waals surface area contributed by atoms with Gasteiger partial charge < -0.3 is 10.1 Å². The molecule has 1 aromatic heterocycles. The Balaban J connectivity index is 1.99. The van der Waals surface area contributed by atoms with Crippen LogP contribution in [-0.4, -0.2) is 27.2 Å². The first-order valence-electron chi connectivity index (χ1n) is 6.63. The fourth-order valence-electron chi connectivity index (χ4n) is 1.90. The number of benzene rings is 1. The van der Waals surface area contributed by atoms with Crippen LogP contribution in [0.2, 0.25) is 0 Å². The molecule has 1 heterocycles. The second-order valence-corrected chi connectivity index (χ2v) is 4.78. The normalized spacial score (nSPS) is 10.8. The molecule has 3 N–H and O–H groups in total. The second-order valence-electron chi connectivity index (χ2n) is 4.78. The fraction of sp³-hybridized carbons (Fsp3) is 0.200. The van der Waals surface area contributed by atoms with Crippen molar-refractivity contribution < 1.29 is 9.90 Å². The van der Waals surface area contributed by atoms with Crippen LogP contribution in [0.3, 0.4) is 0 Å². The van der Waals surface area contributed by atoms with Crippen molar-refractivity contribution in [2.45, 2.75) is 20.3 Å². The Hall–Kier alpha value is -2.96. The average Bonchev–Trinajstić information content (AvgIpc) is 2.45. The van der Waals surface area contributed by atoms with Crippen LogP contribution in [0.1, 0.15) is 22.6 Å². The zero-order valence-corrected chi connectivity index (χ0v) is 12.3. The Morgan fingerprint density at radius 2 is 2.05 bits per heavy atom. The summed E-state index contributed by atoms with van der Waals surface area (Å²) < 4.78 is 0. The predicted molar refractivity (Wildman–Crippen MR) is 81.9 cm³/mol. The Labute approximate surface area is 126 Å². The van der Waals surface area contributed by atoms with Crippen LogP contribution in [0.25, 0.3) is 0 Å². The van der Waals surface area contributed by atoms with Gasteiger partial charge in [0, 0.05) is 11.3 Å². The number of carbonyl (C=O) groups excluding carboxylic acids is 1. The van der Waals surface area contributed by atoms with E-state index in [2.05, 4.69) is 20.5 Å². The number of H-pyrrole nitrogens is 1. The van der Waals surface area contributed by atoms with E-state index in [9.17, 15) is 9.59 Å². The third kappa shape index (κ3) is 4.02. The minimum Gasteiger partial charge on any atom is -0.508 e. The maximum Gasteiger partial charge on any atom is 0.254 e. The predicted octanol–water partition coefficient (Wildman–Crippen LogP) is 0.785. The Bertz CT molecular complexity index is 763. The second kappa shape index (κ2) is 6.66. The lowest BCUT2D eigenvalue weighted by molar-refractivity contribution is -0.120. The number of phenolic OH excluding ortho intramolecular Hbond substituents is 1. The van der Waals surface area contributed by atoms with Gasteiger partial charge in [0.05, 0.1) is 12.6 Å². The molecule has 0 bridgehead atoms. The summed E-state index contributed by atoms with van der Waals surface area (Å²) in [5.41, 5.74) is 3.61. The Kier molecular flexibility index (Phi) is 4.67. The number of aromatic nitrogens is 2. The van der Waals surface area contributed by atoms with E-state index in [0.29, 0.717) is 17.1 Å². The summed E-state index contributed by atoms with van der Waals surface area (Å²) >= 11 is 0. The molecule has 7 nitrogen and oxygen atoms in total. The van der Waals surface area contributed by atoms with E-state index >= 15 is 0 Å². The minimum atomic E-state index is -0.408.